The molecule has 1 atom stereocenters. The fourth-order valence-electron chi connectivity index (χ4n) is 3.69. The Bertz CT molecular complexity index is 1180. The van der Waals surface area contributed by atoms with E-state index in [0.29, 0.717) is 24.0 Å². The summed E-state index contributed by atoms with van der Waals surface area (Å²) in [7, 11) is -3.24. The molecule has 0 saturated carbocycles. The second-order valence-electron chi connectivity index (χ2n) is 7.01. The summed E-state index contributed by atoms with van der Waals surface area (Å²) in [5.74, 6) is -0.449. The molecule has 2 aromatic carbocycles. The lowest BCUT2D eigenvalue weighted by Crippen LogP contribution is -2.29. The smallest absolute Gasteiger partial charge is 0.250 e. The number of aromatic nitrogens is 1. The van der Waals surface area contributed by atoms with Crippen LogP contribution in [0.2, 0.25) is 0 Å². The van der Waals surface area contributed by atoms with Crippen molar-refractivity contribution in [1.29, 1.82) is 0 Å². The number of allylic oxidation sites excluding steroid dienone is 1. The van der Waals surface area contributed by atoms with E-state index in [1.165, 1.54) is 10.6 Å². The molecule has 4 rings (SSSR count). The zero-order valence-corrected chi connectivity index (χ0v) is 16.2. The Hall–Kier alpha value is -3.06. The number of hydrogen-bond acceptors (Lipinski definition) is 3. The number of rotatable bonds is 4. The Balaban J connectivity index is 1.82. The molecule has 144 valence electrons. The third-order valence-corrected chi connectivity index (χ3v) is 6.29. The molecule has 1 unspecified atom stereocenters. The van der Waals surface area contributed by atoms with Crippen molar-refractivity contribution in [2.75, 3.05) is 12.8 Å². The minimum Gasteiger partial charge on any atom is -0.366 e. The van der Waals surface area contributed by atoms with Crippen molar-refractivity contribution >= 4 is 26.8 Å². The maximum absolute atomic E-state index is 11.9. The molecule has 7 heteroatoms. The van der Waals surface area contributed by atoms with Gasteiger partial charge in [0.05, 0.1) is 17.3 Å². The van der Waals surface area contributed by atoms with E-state index in [1.54, 1.807) is 12.3 Å². The van der Waals surface area contributed by atoms with Gasteiger partial charge in [0, 0.05) is 29.7 Å². The van der Waals surface area contributed by atoms with E-state index in [2.05, 4.69) is 4.98 Å². The summed E-state index contributed by atoms with van der Waals surface area (Å²) in [5, 5.41) is 0.927. The maximum Gasteiger partial charge on any atom is 0.250 e. The highest BCUT2D eigenvalue weighted by molar-refractivity contribution is 7.88. The van der Waals surface area contributed by atoms with Crippen LogP contribution in [0.25, 0.3) is 22.0 Å². The van der Waals surface area contributed by atoms with Crippen LogP contribution in [0.5, 0.6) is 0 Å². The van der Waals surface area contributed by atoms with Gasteiger partial charge in [-0.25, -0.2) is 8.42 Å². The maximum atomic E-state index is 11.9. The van der Waals surface area contributed by atoms with Crippen LogP contribution < -0.4 is 5.73 Å². The van der Waals surface area contributed by atoms with E-state index in [1.807, 2.05) is 48.5 Å². The molecule has 0 spiro atoms. The monoisotopic (exact) mass is 395 g/mol. The summed E-state index contributed by atoms with van der Waals surface area (Å²) in [5.41, 5.74) is 9.73. The molecule has 1 aliphatic heterocycles. The van der Waals surface area contributed by atoms with Crippen LogP contribution in [0.3, 0.4) is 0 Å². The molecule has 1 aliphatic rings. The van der Waals surface area contributed by atoms with Crippen LogP contribution in [0.15, 0.2) is 60.8 Å². The summed E-state index contributed by atoms with van der Waals surface area (Å²) in [4.78, 5) is 15.3. The van der Waals surface area contributed by atoms with Gasteiger partial charge in [0.2, 0.25) is 10.0 Å². The van der Waals surface area contributed by atoms with Crippen molar-refractivity contribution in [2.45, 2.75) is 12.3 Å². The minimum atomic E-state index is -3.24. The predicted octanol–water partition coefficient (Wildman–Crippen LogP) is 3.20. The van der Waals surface area contributed by atoms with Gasteiger partial charge in [-0.15, -0.1) is 0 Å². The molecule has 0 fully saturated rings. The Morgan fingerprint density at radius 3 is 2.54 bits per heavy atom. The normalized spacial score (nSPS) is 17.2. The second-order valence-corrected chi connectivity index (χ2v) is 8.95. The third-order valence-electron chi connectivity index (χ3n) is 5.14. The Morgan fingerprint density at radius 1 is 1.18 bits per heavy atom. The average molecular weight is 395 g/mol. The van der Waals surface area contributed by atoms with Crippen LogP contribution in [0.1, 0.15) is 28.4 Å². The number of carbonyl (C=O) groups excluding carboxylic acids is 1. The largest absolute Gasteiger partial charge is 0.366 e. The number of carbonyl (C=O) groups is 1. The van der Waals surface area contributed by atoms with E-state index in [-0.39, 0.29) is 5.92 Å². The molecule has 0 saturated heterocycles. The number of hydrogen-bond donors (Lipinski definition) is 2. The number of fused-ring (bicyclic) bond motifs is 1. The van der Waals surface area contributed by atoms with Gasteiger partial charge in [0.25, 0.3) is 5.91 Å². The molecule has 6 nitrogen and oxygen atoms in total. The standard InChI is InChI=1S/C21H21N3O3S/c1-28(26,27)24-11-9-15(10-12-24)19-13-18-16(14-5-3-2-4-6-14)7-8-17(21(22)25)20(18)23-19/h2-9,11,13,15,23H,10,12H2,1H3,(H2,22,25). The van der Waals surface area contributed by atoms with Gasteiger partial charge in [-0.3, -0.25) is 9.10 Å². The predicted molar refractivity (Wildman–Crippen MR) is 110 cm³/mol. The summed E-state index contributed by atoms with van der Waals surface area (Å²) in [6.45, 7) is 0.420. The zero-order valence-electron chi connectivity index (χ0n) is 15.4. The summed E-state index contributed by atoms with van der Waals surface area (Å²) in [6.07, 6.45) is 5.35. The lowest BCUT2D eigenvalue weighted by Gasteiger charge is -2.25. The number of sulfonamides is 1. The van der Waals surface area contributed by atoms with Crippen molar-refractivity contribution in [1.82, 2.24) is 9.29 Å². The lowest BCUT2D eigenvalue weighted by atomic mass is 9.97. The highest BCUT2D eigenvalue weighted by atomic mass is 32.2. The van der Waals surface area contributed by atoms with E-state index >= 15 is 0 Å². The van der Waals surface area contributed by atoms with Gasteiger partial charge in [-0.05, 0) is 29.7 Å². The molecule has 3 N–H and O–H groups in total. The van der Waals surface area contributed by atoms with Crippen molar-refractivity contribution in [3.8, 4) is 11.1 Å². The highest BCUT2D eigenvalue weighted by Gasteiger charge is 2.23. The van der Waals surface area contributed by atoms with Crippen molar-refractivity contribution in [3.05, 3.63) is 72.1 Å². The summed E-state index contributed by atoms with van der Waals surface area (Å²) < 4.78 is 24.8. The third kappa shape index (κ3) is 3.29. The lowest BCUT2D eigenvalue weighted by molar-refractivity contribution is 0.100. The number of nitrogens with zero attached hydrogens (tertiary/aromatic N) is 1. The number of aromatic amines is 1. The molecular weight excluding hydrogens is 374 g/mol. The number of H-pyrrole nitrogens is 1. The van der Waals surface area contributed by atoms with E-state index in [0.717, 1.165) is 22.2 Å². The van der Waals surface area contributed by atoms with Gasteiger partial charge in [0.15, 0.2) is 0 Å². The van der Waals surface area contributed by atoms with Gasteiger partial charge in [-0.1, -0.05) is 42.5 Å². The average Bonchev–Trinajstić information content (AvgIpc) is 3.12. The van der Waals surface area contributed by atoms with E-state index < -0.39 is 15.9 Å². The summed E-state index contributed by atoms with van der Waals surface area (Å²) >= 11 is 0. The molecule has 0 radical (unpaired) electrons. The first-order valence-corrected chi connectivity index (χ1v) is 10.9. The fourth-order valence-corrected chi connectivity index (χ4v) is 4.42. The van der Waals surface area contributed by atoms with Crippen LogP contribution in [0.4, 0.5) is 0 Å². The molecule has 0 bridgehead atoms. The van der Waals surface area contributed by atoms with Gasteiger partial charge in [0.1, 0.15) is 0 Å². The summed E-state index contributed by atoms with van der Waals surface area (Å²) in [6, 6.07) is 15.6. The topological polar surface area (TPSA) is 96.3 Å². The van der Waals surface area contributed by atoms with Crippen molar-refractivity contribution in [3.63, 3.8) is 0 Å². The number of amides is 1. The van der Waals surface area contributed by atoms with Gasteiger partial charge >= 0.3 is 0 Å². The molecule has 1 aromatic heterocycles. The molecule has 0 aliphatic carbocycles. The highest BCUT2D eigenvalue weighted by Crippen LogP contribution is 2.35. The second kappa shape index (κ2) is 6.83. The quantitative estimate of drug-likeness (QED) is 0.710. The number of nitrogens with one attached hydrogen (secondary N) is 1. The first-order chi connectivity index (χ1) is 13.3. The van der Waals surface area contributed by atoms with Gasteiger partial charge in [-0.2, -0.15) is 0 Å². The van der Waals surface area contributed by atoms with Crippen molar-refractivity contribution < 1.29 is 13.2 Å². The SMILES string of the molecule is CS(=O)(=O)N1C=CC(c2cc3c(-c4ccccc4)ccc(C(N)=O)c3[nH]2)CC1. The number of primary amides is 1. The van der Waals surface area contributed by atoms with Crippen LogP contribution in [-0.4, -0.2) is 36.4 Å². The van der Waals surface area contributed by atoms with E-state index in [9.17, 15) is 13.2 Å². The molecule has 2 heterocycles. The Morgan fingerprint density at radius 2 is 1.93 bits per heavy atom. The number of benzene rings is 2. The molecule has 1 amide bonds. The fraction of sp³-hybridized carbons (Fsp3) is 0.190. The Kier molecular flexibility index (Phi) is 4.47. The van der Waals surface area contributed by atoms with Crippen LogP contribution in [-0.2, 0) is 10.0 Å². The first-order valence-electron chi connectivity index (χ1n) is 9.00. The van der Waals surface area contributed by atoms with Crippen molar-refractivity contribution in [2.24, 2.45) is 5.73 Å². The van der Waals surface area contributed by atoms with Crippen LogP contribution in [0, 0.1) is 0 Å². The molecule has 28 heavy (non-hydrogen) atoms. The Labute approximate surface area is 163 Å². The van der Waals surface area contributed by atoms with E-state index in [4.69, 9.17) is 5.73 Å². The van der Waals surface area contributed by atoms with Crippen LogP contribution >= 0.6 is 0 Å². The zero-order chi connectivity index (χ0) is 19.9. The molecule has 3 aromatic rings. The first kappa shape index (κ1) is 18.3. The number of nitrogens with two attached hydrogens (primary N) is 1. The minimum absolute atomic E-state index is 0.0368. The molecular formula is C21H21N3O3S. The van der Waals surface area contributed by atoms with Gasteiger partial charge < -0.3 is 10.7 Å².